The Morgan fingerprint density at radius 1 is 1.14 bits per heavy atom. The van der Waals surface area contributed by atoms with E-state index in [1.807, 2.05) is 25.1 Å². The third kappa shape index (κ3) is 6.38. The number of nitrogens with zero attached hydrogens (tertiary/aromatic N) is 1. The summed E-state index contributed by atoms with van der Waals surface area (Å²) in [5.74, 6) is 0.702. The molecule has 0 spiro atoms. The number of aliphatic hydroxyl groups is 1. The minimum Gasteiger partial charge on any atom is -0.513 e. The van der Waals surface area contributed by atoms with Crippen molar-refractivity contribution >= 4 is 5.69 Å². The van der Waals surface area contributed by atoms with E-state index in [2.05, 4.69) is 58.7 Å². The predicted octanol–water partition coefficient (Wildman–Crippen LogP) is 6.10. The van der Waals surface area contributed by atoms with Crippen molar-refractivity contribution in [3.63, 3.8) is 0 Å². The van der Waals surface area contributed by atoms with Crippen LogP contribution in [0.15, 0.2) is 48.9 Å². The summed E-state index contributed by atoms with van der Waals surface area (Å²) >= 11 is 0. The molecule has 0 amide bonds. The molecule has 1 atom stereocenters. The minimum atomic E-state index is 0.186. The summed E-state index contributed by atoms with van der Waals surface area (Å²) in [5.41, 5.74) is 3.19. The van der Waals surface area contributed by atoms with Gasteiger partial charge >= 0.3 is 0 Å². The van der Waals surface area contributed by atoms with Crippen LogP contribution in [-0.4, -0.2) is 11.1 Å². The Morgan fingerprint density at radius 2 is 1.64 bits per heavy atom. The molecule has 0 saturated heterocycles. The number of hydrogen-bond donors (Lipinski definition) is 1. The van der Waals surface area contributed by atoms with Gasteiger partial charge in [0, 0.05) is 23.8 Å². The van der Waals surface area contributed by atoms with E-state index in [0.717, 1.165) is 16.9 Å². The highest BCUT2D eigenvalue weighted by Crippen LogP contribution is 2.29. The first kappa shape index (κ1) is 20.3. The highest BCUT2D eigenvalue weighted by atomic mass is 16.3. The van der Waals surface area contributed by atoms with E-state index in [-0.39, 0.29) is 5.76 Å². The smallest absolute Gasteiger partial charge is 0.0895 e. The molecule has 22 heavy (non-hydrogen) atoms. The maximum absolute atomic E-state index is 9.46. The second-order valence-corrected chi connectivity index (χ2v) is 6.17. The number of anilines is 1. The Hall–Kier alpha value is -1.70. The molecule has 2 heteroatoms. The van der Waals surface area contributed by atoms with Crippen LogP contribution in [0.1, 0.15) is 53.5 Å². The molecule has 124 valence electrons. The summed E-state index contributed by atoms with van der Waals surface area (Å²) in [5, 5.41) is 9.46. The summed E-state index contributed by atoms with van der Waals surface area (Å²) in [6, 6.07) is 8.46. The van der Waals surface area contributed by atoms with Crippen LogP contribution in [-0.2, 0) is 6.42 Å². The summed E-state index contributed by atoms with van der Waals surface area (Å²) in [6.07, 6.45) is 1.73. The van der Waals surface area contributed by atoms with Crippen molar-refractivity contribution in [2.24, 2.45) is 5.92 Å². The lowest BCUT2D eigenvalue weighted by Gasteiger charge is -2.35. The van der Waals surface area contributed by atoms with Gasteiger partial charge in [0.15, 0.2) is 0 Å². The molecule has 0 aliphatic heterocycles. The van der Waals surface area contributed by atoms with Gasteiger partial charge in [-0.3, -0.25) is 0 Å². The predicted molar refractivity (Wildman–Crippen MR) is 99.5 cm³/mol. The van der Waals surface area contributed by atoms with Gasteiger partial charge in [-0.15, -0.1) is 0 Å². The molecule has 0 fully saturated rings. The Labute approximate surface area is 137 Å². The lowest BCUT2D eigenvalue weighted by atomic mass is 10.0. The maximum atomic E-state index is 9.46. The minimum absolute atomic E-state index is 0.186. The molecule has 1 unspecified atom stereocenters. The first-order valence-corrected chi connectivity index (χ1v) is 8.15. The van der Waals surface area contributed by atoms with E-state index in [1.165, 1.54) is 6.42 Å². The lowest BCUT2D eigenvalue weighted by molar-refractivity contribution is 0.401. The van der Waals surface area contributed by atoms with Crippen molar-refractivity contribution in [2.75, 3.05) is 4.90 Å². The molecule has 0 bridgehead atoms. The van der Waals surface area contributed by atoms with Gasteiger partial charge in [-0.05, 0) is 31.4 Å². The van der Waals surface area contributed by atoms with E-state index < -0.39 is 0 Å². The van der Waals surface area contributed by atoms with Crippen LogP contribution < -0.4 is 4.90 Å². The number of aliphatic hydroxyl groups excluding tert-OH is 1. The summed E-state index contributed by atoms with van der Waals surface area (Å²) < 4.78 is 0. The first-order valence-electron chi connectivity index (χ1n) is 8.15. The van der Waals surface area contributed by atoms with Crippen molar-refractivity contribution in [1.29, 1.82) is 0 Å². The van der Waals surface area contributed by atoms with Crippen molar-refractivity contribution in [2.45, 2.75) is 60.4 Å². The Bertz CT molecular complexity index is 476. The molecule has 1 rings (SSSR count). The molecular weight excluding hydrogens is 270 g/mol. The second kappa shape index (κ2) is 10.1. The van der Waals surface area contributed by atoms with E-state index in [1.54, 1.807) is 0 Å². The van der Waals surface area contributed by atoms with Crippen LogP contribution in [0.4, 0.5) is 5.69 Å². The average molecular weight is 303 g/mol. The molecule has 0 heterocycles. The number of para-hydroxylation sites is 1. The molecule has 0 aromatic heterocycles. The monoisotopic (exact) mass is 303 g/mol. The normalized spacial score (nSPS) is 11.4. The van der Waals surface area contributed by atoms with Gasteiger partial charge in [-0.1, -0.05) is 65.5 Å². The highest BCUT2D eigenvalue weighted by molar-refractivity contribution is 5.59. The Balaban J connectivity index is 0.00000135. The van der Waals surface area contributed by atoms with Crippen molar-refractivity contribution in [1.82, 2.24) is 0 Å². The van der Waals surface area contributed by atoms with Gasteiger partial charge in [-0.25, -0.2) is 0 Å². The van der Waals surface area contributed by atoms with Gasteiger partial charge in [0.05, 0.1) is 5.76 Å². The molecule has 0 aliphatic carbocycles. The van der Waals surface area contributed by atoms with Crippen LogP contribution in [0.3, 0.4) is 0 Å². The molecule has 0 radical (unpaired) electrons. The Morgan fingerprint density at radius 3 is 2.05 bits per heavy atom. The number of rotatable bonds is 6. The standard InChI is InChI=1S/C17H25NO.C3H8/c1-12(2)15(6)18(13(3)4)17-10-8-7-9-16(17)11-14(5)19;1-3-2/h7-10,12,15,19H,3,5,11H2,1-2,4,6H3;3H2,1-2H3. The zero-order valence-electron chi connectivity index (χ0n) is 15.2. The van der Waals surface area contributed by atoms with Gasteiger partial charge in [0.1, 0.15) is 0 Å². The molecule has 1 N–H and O–H groups in total. The molecule has 0 aliphatic rings. The fourth-order valence-electron chi connectivity index (χ4n) is 2.19. The average Bonchev–Trinajstić information content (AvgIpc) is 2.40. The maximum Gasteiger partial charge on any atom is 0.0895 e. The number of benzene rings is 1. The largest absolute Gasteiger partial charge is 0.513 e. The van der Waals surface area contributed by atoms with Gasteiger partial charge in [-0.2, -0.15) is 0 Å². The van der Waals surface area contributed by atoms with Crippen LogP contribution in [0, 0.1) is 5.92 Å². The van der Waals surface area contributed by atoms with E-state index in [4.69, 9.17) is 0 Å². The molecule has 1 aromatic carbocycles. The fraction of sp³-hybridized carbons (Fsp3) is 0.500. The number of allylic oxidation sites excluding steroid dienone is 2. The topological polar surface area (TPSA) is 23.5 Å². The van der Waals surface area contributed by atoms with Gasteiger partial charge in [0.25, 0.3) is 0 Å². The fourth-order valence-corrected chi connectivity index (χ4v) is 2.19. The molecule has 2 nitrogen and oxygen atoms in total. The molecular formula is C20H33NO. The third-order valence-corrected chi connectivity index (χ3v) is 3.43. The molecule has 1 aromatic rings. The van der Waals surface area contributed by atoms with Gasteiger partial charge < -0.3 is 10.0 Å². The van der Waals surface area contributed by atoms with Crippen molar-refractivity contribution in [3.8, 4) is 0 Å². The highest BCUT2D eigenvalue weighted by Gasteiger charge is 2.20. The van der Waals surface area contributed by atoms with E-state index in [0.29, 0.717) is 18.4 Å². The first-order chi connectivity index (χ1) is 10.3. The SMILES string of the molecule is C=C(O)Cc1ccccc1N(C(=C)C)C(C)C(C)C.CCC. The molecule has 0 saturated carbocycles. The van der Waals surface area contributed by atoms with Crippen molar-refractivity contribution < 1.29 is 5.11 Å². The number of hydrogen-bond acceptors (Lipinski definition) is 2. The van der Waals surface area contributed by atoms with Crippen LogP contribution in [0.2, 0.25) is 0 Å². The second-order valence-electron chi connectivity index (χ2n) is 6.17. The summed E-state index contributed by atoms with van der Waals surface area (Å²) in [6.45, 7) is 20.6. The zero-order valence-corrected chi connectivity index (χ0v) is 15.2. The lowest BCUT2D eigenvalue weighted by Crippen LogP contribution is -2.35. The Kier molecular flexibility index (Phi) is 9.32. The van der Waals surface area contributed by atoms with Crippen molar-refractivity contribution in [3.05, 3.63) is 54.4 Å². The quantitative estimate of drug-likeness (QED) is 0.642. The summed E-state index contributed by atoms with van der Waals surface area (Å²) in [4.78, 5) is 2.24. The van der Waals surface area contributed by atoms with Crippen LogP contribution in [0.25, 0.3) is 0 Å². The summed E-state index contributed by atoms with van der Waals surface area (Å²) in [7, 11) is 0. The van der Waals surface area contributed by atoms with E-state index >= 15 is 0 Å². The van der Waals surface area contributed by atoms with Crippen LogP contribution in [0.5, 0.6) is 0 Å². The van der Waals surface area contributed by atoms with Gasteiger partial charge in [0.2, 0.25) is 0 Å². The third-order valence-electron chi connectivity index (χ3n) is 3.43. The van der Waals surface area contributed by atoms with E-state index in [9.17, 15) is 5.11 Å². The van der Waals surface area contributed by atoms with Crippen LogP contribution >= 0.6 is 0 Å². The zero-order chi connectivity index (χ0) is 17.3.